The van der Waals surface area contributed by atoms with Crippen molar-refractivity contribution in [2.75, 3.05) is 5.01 Å². The highest BCUT2D eigenvalue weighted by Crippen LogP contribution is 2.26. The molecule has 0 aliphatic carbocycles. The first-order valence-electron chi connectivity index (χ1n) is 9.38. The number of carbonyl (C=O) groups is 1. The van der Waals surface area contributed by atoms with E-state index in [0.717, 1.165) is 5.56 Å². The number of para-hydroxylation sites is 1. The molecule has 1 amide bonds. The number of nitrogens with zero attached hydrogens (tertiary/aromatic N) is 3. The summed E-state index contributed by atoms with van der Waals surface area (Å²) in [5, 5.41) is 1.91. The maximum absolute atomic E-state index is 13.0. The van der Waals surface area contributed by atoms with Gasteiger partial charge in [-0.25, -0.2) is 18.4 Å². The van der Waals surface area contributed by atoms with E-state index < -0.39 is 15.9 Å². The summed E-state index contributed by atoms with van der Waals surface area (Å²) in [6, 6.07) is 22.3. The SMILES string of the molecule is NC(=O)c1cccc2c(N(Cc3ccccc3)NS(=O)(=O)c3ccccc3)ncnc12. The van der Waals surface area contributed by atoms with Gasteiger partial charge in [0.25, 0.3) is 15.9 Å². The Bertz CT molecular complexity index is 1330. The number of hydrogen-bond acceptors (Lipinski definition) is 6. The third kappa shape index (κ3) is 4.37. The van der Waals surface area contributed by atoms with E-state index in [2.05, 4.69) is 14.8 Å². The van der Waals surface area contributed by atoms with Crippen LogP contribution < -0.4 is 15.6 Å². The standard InChI is InChI=1S/C22H19N5O3S/c23-21(28)18-12-7-13-19-20(18)24-15-25-22(19)27(14-16-8-3-1-4-9-16)26-31(29,30)17-10-5-2-6-11-17/h1-13,15,26H,14H2,(H2,23,28). The van der Waals surface area contributed by atoms with Gasteiger partial charge in [-0.3, -0.25) is 9.80 Å². The third-order valence-electron chi connectivity index (χ3n) is 4.63. The molecule has 4 aromatic rings. The smallest absolute Gasteiger partial charge is 0.257 e. The minimum atomic E-state index is -3.90. The van der Waals surface area contributed by atoms with E-state index in [-0.39, 0.29) is 17.0 Å². The molecule has 0 radical (unpaired) electrons. The van der Waals surface area contributed by atoms with Crippen molar-refractivity contribution in [2.24, 2.45) is 5.73 Å². The Labute approximate surface area is 179 Å². The van der Waals surface area contributed by atoms with Crippen molar-refractivity contribution in [3.63, 3.8) is 0 Å². The van der Waals surface area contributed by atoms with Gasteiger partial charge in [0.2, 0.25) is 0 Å². The van der Waals surface area contributed by atoms with Crippen LogP contribution in [0.4, 0.5) is 5.82 Å². The van der Waals surface area contributed by atoms with Crippen LogP contribution in [0, 0.1) is 0 Å². The lowest BCUT2D eigenvalue weighted by Gasteiger charge is -2.25. The Hall–Kier alpha value is -3.82. The second-order valence-corrected chi connectivity index (χ2v) is 8.40. The fourth-order valence-corrected chi connectivity index (χ4v) is 4.26. The number of primary amides is 1. The molecule has 3 N–H and O–H groups in total. The first-order chi connectivity index (χ1) is 15.0. The number of sulfonamides is 1. The number of nitrogens with two attached hydrogens (primary N) is 1. The molecule has 31 heavy (non-hydrogen) atoms. The number of carbonyl (C=O) groups excluding carboxylic acids is 1. The molecule has 1 aromatic heterocycles. The van der Waals surface area contributed by atoms with Crippen molar-refractivity contribution in [1.29, 1.82) is 0 Å². The zero-order valence-corrected chi connectivity index (χ0v) is 17.2. The van der Waals surface area contributed by atoms with Crippen molar-refractivity contribution in [1.82, 2.24) is 14.8 Å². The molecule has 4 rings (SSSR count). The summed E-state index contributed by atoms with van der Waals surface area (Å²) in [7, 11) is -3.90. The molecule has 156 valence electrons. The van der Waals surface area contributed by atoms with Crippen LogP contribution in [0.15, 0.2) is 90.1 Å². The Morgan fingerprint density at radius 2 is 1.58 bits per heavy atom. The lowest BCUT2D eigenvalue weighted by atomic mass is 10.1. The largest absolute Gasteiger partial charge is 0.366 e. The average molecular weight is 433 g/mol. The van der Waals surface area contributed by atoms with E-state index >= 15 is 0 Å². The highest BCUT2D eigenvalue weighted by molar-refractivity contribution is 7.89. The summed E-state index contributed by atoms with van der Waals surface area (Å²) in [4.78, 5) is 23.1. The summed E-state index contributed by atoms with van der Waals surface area (Å²) in [6.07, 6.45) is 1.28. The minimum Gasteiger partial charge on any atom is -0.366 e. The number of nitrogens with one attached hydrogen (secondary N) is 1. The molecule has 0 saturated heterocycles. The van der Waals surface area contributed by atoms with Crippen molar-refractivity contribution in [2.45, 2.75) is 11.4 Å². The van der Waals surface area contributed by atoms with Gasteiger partial charge in [0.1, 0.15) is 6.33 Å². The molecule has 0 saturated carbocycles. The topological polar surface area (TPSA) is 118 Å². The first kappa shape index (κ1) is 20.5. The molecule has 0 unspecified atom stereocenters. The number of fused-ring (bicyclic) bond motifs is 1. The quantitative estimate of drug-likeness (QED) is 0.433. The summed E-state index contributed by atoms with van der Waals surface area (Å²) >= 11 is 0. The van der Waals surface area contributed by atoms with E-state index in [1.54, 1.807) is 36.4 Å². The Morgan fingerprint density at radius 3 is 2.26 bits per heavy atom. The van der Waals surface area contributed by atoms with Crippen molar-refractivity contribution < 1.29 is 13.2 Å². The zero-order chi connectivity index (χ0) is 21.8. The van der Waals surface area contributed by atoms with Crippen LogP contribution in [0.3, 0.4) is 0 Å². The second-order valence-electron chi connectivity index (χ2n) is 6.74. The molecule has 1 heterocycles. The van der Waals surface area contributed by atoms with Crippen LogP contribution in [0.1, 0.15) is 15.9 Å². The maximum Gasteiger partial charge on any atom is 0.257 e. The molecular formula is C22H19N5O3S. The van der Waals surface area contributed by atoms with E-state index in [4.69, 9.17) is 5.73 Å². The molecule has 0 atom stereocenters. The normalized spacial score (nSPS) is 11.4. The molecular weight excluding hydrogens is 414 g/mol. The molecule has 9 heteroatoms. The summed E-state index contributed by atoms with van der Waals surface area (Å²) in [5.41, 5.74) is 6.91. The van der Waals surface area contributed by atoms with Gasteiger partial charge in [-0.05, 0) is 29.8 Å². The van der Waals surface area contributed by atoms with Crippen LogP contribution in [0.5, 0.6) is 0 Å². The van der Waals surface area contributed by atoms with Crippen molar-refractivity contribution >= 4 is 32.7 Å². The number of anilines is 1. The molecule has 0 aliphatic rings. The van der Waals surface area contributed by atoms with Gasteiger partial charge >= 0.3 is 0 Å². The zero-order valence-electron chi connectivity index (χ0n) is 16.3. The van der Waals surface area contributed by atoms with Gasteiger partial charge in [0.15, 0.2) is 5.82 Å². The maximum atomic E-state index is 13.0. The van der Waals surface area contributed by atoms with Gasteiger partial charge < -0.3 is 5.73 Å². The monoisotopic (exact) mass is 433 g/mol. The van der Waals surface area contributed by atoms with Crippen LogP contribution in [-0.4, -0.2) is 24.3 Å². The summed E-state index contributed by atoms with van der Waals surface area (Å²) in [6.45, 7) is 0.194. The molecule has 0 fully saturated rings. The van der Waals surface area contributed by atoms with Gasteiger partial charge in [0, 0.05) is 5.39 Å². The minimum absolute atomic E-state index is 0.115. The van der Waals surface area contributed by atoms with Crippen LogP contribution in [0.2, 0.25) is 0 Å². The van der Waals surface area contributed by atoms with E-state index in [9.17, 15) is 13.2 Å². The van der Waals surface area contributed by atoms with Crippen molar-refractivity contribution in [3.05, 3.63) is 96.3 Å². The van der Waals surface area contributed by atoms with Crippen molar-refractivity contribution in [3.8, 4) is 0 Å². The van der Waals surface area contributed by atoms with E-state index in [1.165, 1.54) is 23.5 Å². The summed E-state index contributed by atoms with van der Waals surface area (Å²) < 4.78 is 26.1. The Balaban J connectivity index is 1.84. The van der Waals surface area contributed by atoms with Gasteiger partial charge in [0.05, 0.1) is 22.5 Å². The average Bonchev–Trinajstić information content (AvgIpc) is 2.79. The van der Waals surface area contributed by atoms with Gasteiger partial charge in [-0.15, -0.1) is 4.83 Å². The molecule has 0 spiro atoms. The number of rotatable bonds is 7. The first-order valence-corrected chi connectivity index (χ1v) is 10.9. The highest BCUT2D eigenvalue weighted by atomic mass is 32.2. The molecule has 8 nitrogen and oxygen atoms in total. The number of hydrazine groups is 1. The summed E-state index contributed by atoms with van der Waals surface area (Å²) in [5.74, 6) is -0.328. The molecule has 0 bridgehead atoms. The lowest BCUT2D eigenvalue weighted by Crippen LogP contribution is -2.42. The molecule has 0 aliphatic heterocycles. The highest BCUT2D eigenvalue weighted by Gasteiger charge is 2.22. The Morgan fingerprint density at radius 1 is 0.903 bits per heavy atom. The predicted octanol–water partition coefficient (Wildman–Crippen LogP) is 2.63. The van der Waals surface area contributed by atoms with Gasteiger partial charge in [-0.2, -0.15) is 0 Å². The van der Waals surface area contributed by atoms with Crippen LogP contribution in [0.25, 0.3) is 10.9 Å². The fourth-order valence-electron chi connectivity index (χ4n) is 3.20. The van der Waals surface area contributed by atoms with E-state index in [1.807, 2.05) is 30.3 Å². The van der Waals surface area contributed by atoms with E-state index in [0.29, 0.717) is 16.7 Å². The number of benzene rings is 3. The lowest BCUT2D eigenvalue weighted by molar-refractivity contribution is 0.100. The van der Waals surface area contributed by atoms with Gasteiger partial charge in [-0.1, -0.05) is 54.6 Å². The fraction of sp³-hybridized carbons (Fsp3) is 0.0455. The number of hydrogen-bond donors (Lipinski definition) is 2. The Kier molecular flexibility index (Phi) is 5.61. The van der Waals surface area contributed by atoms with Crippen LogP contribution in [-0.2, 0) is 16.6 Å². The molecule has 3 aromatic carbocycles. The predicted molar refractivity (Wildman–Crippen MR) is 117 cm³/mol. The number of aromatic nitrogens is 2. The second kappa shape index (κ2) is 8.50. The third-order valence-corrected chi connectivity index (χ3v) is 5.99. The van der Waals surface area contributed by atoms with Crippen LogP contribution >= 0.6 is 0 Å². The number of amides is 1.